The van der Waals surface area contributed by atoms with E-state index in [1.807, 2.05) is 30.3 Å². The first kappa shape index (κ1) is 18.6. The molecule has 0 radical (unpaired) electrons. The number of rotatable bonds is 5. The molecule has 1 N–H and O–H groups in total. The number of hydrogen-bond acceptors (Lipinski definition) is 5. The molecule has 1 aromatic heterocycles. The van der Waals surface area contributed by atoms with Gasteiger partial charge in [0.2, 0.25) is 11.0 Å². The van der Waals surface area contributed by atoms with Gasteiger partial charge in [0.05, 0.1) is 0 Å². The number of piperidine rings is 1. The van der Waals surface area contributed by atoms with E-state index in [0.717, 1.165) is 48.0 Å². The molecule has 4 rings (SSSR count). The van der Waals surface area contributed by atoms with Crippen LogP contribution in [0.3, 0.4) is 0 Å². The monoisotopic (exact) mass is 392 g/mol. The zero-order chi connectivity index (χ0) is 19.3. The Morgan fingerprint density at radius 3 is 2.54 bits per heavy atom. The van der Waals surface area contributed by atoms with Crippen LogP contribution in [0.25, 0.3) is 11.4 Å². The van der Waals surface area contributed by atoms with E-state index in [-0.39, 0.29) is 11.8 Å². The van der Waals surface area contributed by atoms with E-state index in [4.69, 9.17) is 0 Å². The van der Waals surface area contributed by atoms with Gasteiger partial charge in [-0.1, -0.05) is 60.2 Å². The van der Waals surface area contributed by atoms with Crippen molar-refractivity contribution in [2.24, 2.45) is 5.92 Å². The Bertz CT molecular complexity index is 915. The van der Waals surface area contributed by atoms with Gasteiger partial charge in [-0.2, -0.15) is 9.36 Å². The van der Waals surface area contributed by atoms with Crippen LogP contribution >= 0.6 is 11.5 Å². The summed E-state index contributed by atoms with van der Waals surface area (Å²) in [4.78, 5) is 19.4. The number of hydrogen-bond donors (Lipinski definition) is 1. The van der Waals surface area contributed by atoms with Crippen LogP contribution in [0.1, 0.15) is 24.0 Å². The molecule has 0 aliphatic carbocycles. The van der Waals surface area contributed by atoms with E-state index < -0.39 is 0 Å². The van der Waals surface area contributed by atoms with Gasteiger partial charge in [-0.05, 0) is 25.3 Å². The van der Waals surface area contributed by atoms with Crippen molar-refractivity contribution < 1.29 is 4.79 Å². The molecule has 0 saturated carbocycles. The molecule has 1 amide bonds. The standard InChI is InChI=1S/C22H24N4OS/c1-16-7-9-17(10-8-16)15-23-21(27)19-11-13-26(14-12-19)22-24-20(25-28-22)18-5-3-2-4-6-18/h2-10,19H,11-15H2,1H3,(H,23,27). The zero-order valence-electron chi connectivity index (χ0n) is 16.0. The third-order valence-electron chi connectivity index (χ3n) is 5.17. The molecule has 1 saturated heterocycles. The first-order chi connectivity index (χ1) is 13.7. The number of amides is 1. The van der Waals surface area contributed by atoms with Gasteiger partial charge in [-0.15, -0.1) is 0 Å². The maximum atomic E-state index is 12.5. The Labute approximate surface area is 169 Å². The summed E-state index contributed by atoms with van der Waals surface area (Å²) in [6.07, 6.45) is 1.69. The number of nitrogens with one attached hydrogen (secondary N) is 1. The van der Waals surface area contributed by atoms with E-state index >= 15 is 0 Å². The molecule has 0 atom stereocenters. The Kier molecular flexibility index (Phi) is 5.67. The second-order valence-corrected chi connectivity index (χ2v) is 7.96. The predicted molar refractivity (Wildman–Crippen MR) is 113 cm³/mol. The Hall–Kier alpha value is -2.73. The van der Waals surface area contributed by atoms with Crippen LogP contribution in [0.5, 0.6) is 0 Å². The normalized spacial score (nSPS) is 14.8. The van der Waals surface area contributed by atoms with Crippen molar-refractivity contribution in [3.05, 3.63) is 65.7 Å². The molecule has 3 aromatic rings. The van der Waals surface area contributed by atoms with E-state index in [0.29, 0.717) is 6.54 Å². The quantitative estimate of drug-likeness (QED) is 0.712. The van der Waals surface area contributed by atoms with Crippen LogP contribution in [0.4, 0.5) is 5.13 Å². The lowest BCUT2D eigenvalue weighted by Crippen LogP contribution is -2.40. The Morgan fingerprint density at radius 1 is 1.11 bits per heavy atom. The number of carbonyl (C=O) groups is 1. The predicted octanol–water partition coefficient (Wildman–Crippen LogP) is 4.05. The smallest absolute Gasteiger partial charge is 0.223 e. The van der Waals surface area contributed by atoms with E-state index in [1.54, 1.807) is 0 Å². The fraction of sp³-hybridized carbons (Fsp3) is 0.318. The maximum absolute atomic E-state index is 12.5. The van der Waals surface area contributed by atoms with Crippen LogP contribution < -0.4 is 10.2 Å². The lowest BCUT2D eigenvalue weighted by Gasteiger charge is -2.30. The highest BCUT2D eigenvalue weighted by atomic mass is 32.1. The molecule has 144 valence electrons. The molecule has 0 bridgehead atoms. The molecule has 2 heterocycles. The first-order valence-corrected chi connectivity index (χ1v) is 10.4. The minimum absolute atomic E-state index is 0.0724. The molecule has 1 fully saturated rings. The molecule has 5 nitrogen and oxygen atoms in total. The third-order valence-corrected chi connectivity index (χ3v) is 5.95. The number of anilines is 1. The summed E-state index contributed by atoms with van der Waals surface area (Å²) in [6, 6.07) is 18.3. The highest BCUT2D eigenvalue weighted by Crippen LogP contribution is 2.27. The number of carbonyl (C=O) groups excluding carboxylic acids is 1. The number of nitrogens with zero attached hydrogens (tertiary/aromatic N) is 3. The molecular formula is C22H24N4OS. The van der Waals surface area contributed by atoms with Crippen molar-refractivity contribution in [2.75, 3.05) is 18.0 Å². The minimum atomic E-state index is 0.0724. The minimum Gasteiger partial charge on any atom is -0.352 e. The van der Waals surface area contributed by atoms with Gasteiger partial charge in [0.15, 0.2) is 5.82 Å². The van der Waals surface area contributed by atoms with Crippen LogP contribution in [-0.4, -0.2) is 28.4 Å². The number of aromatic nitrogens is 2. The highest BCUT2D eigenvalue weighted by molar-refractivity contribution is 7.09. The summed E-state index contributed by atoms with van der Waals surface area (Å²) in [7, 11) is 0. The Balaban J connectivity index is 1.29. The second-order valence-electron chi connectivity index (χ2n) is 7.23. The summed E-state index contributed by atoms with van der Waals surface area (Å²) in [6.45, 7) is 4.34. The van der Waals surface area contributed by atoms with E-state index in [1.165, 1.54) is 17.1 Å². The lowest BCUT2D eigenvalue weighted by atomic mass is 9.96. The maximum Gasteiger partial charge on any atom is 0.223 e. The fourth-order valence-electron chi connectivity index (χ4n) is 3.42. The topological polar surface area (TPSA) is 58.1 Å². The van der Waals surface area contributed by atoms with Gasteiger partial charge in [0, 0.05) is 42.6 Å². The second kappa shape index (κ2) is 8.52. The number of aryl methyl sites for hydroxylation is 1. The molecular weight excluding hydrogens is 368 g/mol. The molecule has 0 unspecified atom stereocenters. The number of benzene rings is 2. The molecule has 2 aromatic carbocycles. The van der Waals surface area contributed by atoms with Gasteiger partial charge in [-0.25, -0.2) is 0 Å². The summed E-state index contributed by atoms with van der Waals surface area (Å²) >= 11 is 1.43. The average Bonchev–Trinajstić information content (AvgIpc) is 3.24. The van der Waals surface area contributed by atoms with Crippen molar-refractivity contribution in [2.45, 2.75) is 26.3 Å². The van der Waals surface area contributed by atoms with Crippen LogP contribution in [-0.2, 0) is 11.3 Å². The zero-order valence-corrected chi connectivity index (χ0v) is 16.8. The van der Waals surface area contributed by atoms with Crippen LogP contribution in [0, 0.1) is 12.8 Å². The van der Waals surface area contributed by atoms with Crippen molar-refractivity contribution >= 4 is 22.6 Å². The fourth-order valence-corrected chi connectivity index (χ4v) is 4.16. The molecule has 1 aliphatic rings. The highest BCUT2D eigenvalue weighted by Gasteiger charge is 2.26. The largest absolute Gasteiger partial charge is 0.352 e. The van der Waals surface area contributed by atoms with E-state index in [2.05, 4.69) is 50.8 Å². The molecule has 1 aliphatic heterocycles. The van der Waals surface area contributed by atoms with Gasteiger partial charge >= 0.3 is 0 Å². The molecule has 6 heteroatoms. The van der Waals surface area contributed by atoms with Crippen LogP contribution in [0.15, 0.2) is 54.6 Å². The lowest BCUT2D eigenvalue weighted by molar-refractivity contribution is -0.125. The van der Waals surface area contributed by atoms with Gasteiger partial charge in [0.1, 0.15) is 0 Å². The molecule has 0 spiro atoms. The van der Waals surface area contributed by atoms with Crippen molar-refractivity contribution in [3.8, 4) is 11.4 Å². The summed E-state index contributed by atoms with van der Waals surface area (Å²) in [5.74, 6) is 1.00. The van der Waals surface area contributed by atoms with Gasteiger partial charge in [-0.3, -0.25) is 4.79 Å². The molecule has 28 heavy (non-hydrogen) atoms. The average molecular weight is 393 g/mol. The third kappa shape index (κ3) is 4.39. The van der Waals surface area contributed by atoms with Crippen molar-refractivity contribution in [3.63, 3.8) is 0 Å². The van der Waals surface area contributed by atoms with Crippen LogP contribution in [0.2, 0.25) is 0 Å². The van der Waals surface area contributed by atoms with E-state index in [9.17, 15) is 4.79 Å². The van der Waals surface area contributed by atoms with Gasteiger partial charge < -0.3 is 10.2 Å². The Morgan fingerprint density at radius 2 is 1.82 bits per heavy atom. The SMILES string of the molecule is Cc1ccc(CNC(=O)C2CCN(c3nc(-c4ccccc4)ns3)CC2)cc1. The summed E-state index contributed by atoms with van der Waals surface area (Å²) in [5.41, 5.74) is 3.41. The summed E-state index contributed by atoms with van der Waals surface area (Å²) in [5, 5.41) is 4.03. The van der Waals surface area contributed by atoms with Crippen molar-refractivity contribution in [1.82, 2.24) is 14.7 Å². The van der Waals surface area contributed by atoms with Gasteiger partial charge in [0.25, 0.3) is 0 Å². The van der Waals surface area contributed by atoms with Crippen molar-refractivity contribution in [1.29, 1.82) is 0 Å². The summed E-state index contributed by atoms with van der Waals surface area (Å²) < 4.78 is 4.49. The first-order valence-electron chi connectivity index (χ1n) is 9.66.